The van der Waals surface area contributed by atoms with E-state index >= 15 is 0 Å². The molecule has 0 bridgehead atoms. The Morgan fingerprint density at radius 2 is 2.15 bits per heavy atom. The van der Waals surface area contributed by atoms with E-state index in [-0.39, 0.29) is 12.4 Å². The van der Waals surface area contributed by atoms with E-state index in [1.807, 2.05) is 6.07 Å². The molecule has 0 spiro atoms. The lowest BCUT2D eigenvalue weighted by Gasteiger charge is -1.86. The molecule has 0 aliphatic carbocycles. The highest BCUT2D eigenvalue weighted by Crippen LogP contribution is 2.26. The van der Waals surface area contributed by atoms with E-state index in [0.29, 0.717) is 6.42 Å². The molecule has 3 heteroatoms. The van der Waals surface area contributed by atoms with E-state index in [1.54, 1.807) is 17.4 Å². The van der Waals surface area contributed by atoms with Crippen molar-refractivity contribution in [2.75, 3.05) is 6.61 Å². The first kappa shape index (κ1) is 8.66. The normalized spacial score (nSPS) is 10.9. The molecule has 1 heterocycles. The van der Waals surface area contributed by atoms with Gasteiger partial charge in [0.2, 0.25) is 0 Å². The van der Waals surface area contributed by atoms with Gasteiger partial charge >= 0.3 is 0 Å². The van der Waals surface area contributed by atoms with Crippen molar-refractivity contribution in [3.8, 4) is 0 Å². The molecule has 1 aromatic heterocycles. The van der Waals surface area contributed by atoms with Gasteiger partial charge in [0.25, 0.3) is 0 Å². The molecule has 1 N–H and O–H groups in total. The average molecular weight is 196 g/mol. The zero-order valence-corrected chi connectivity index (χ0v) is 7.77. The lowest BCUT2D eigenvalue weighted by atomic mass is 10.2. The quantitative estimate of drug-likeness (QED) is 0.782. The van der Waals surface area contributed by atoms with Gasteiger partial charge in [-0.1, -0.05) is 0 Å². The molecule has 1 aromatic carbocycles. The minimum absolute atomic E-state index is 0.148. The van der Waals surface area contributed by atoms with E-state index < -0.39 is 0 Å². The van der Waals surface area contributed by atoms with Crippen LogP contribution in [0.3, 0.4) is 0 Å². The molecule has 0 atom stereocenters. The standard InChI is InChI=1S/C10H9FOS/c11-8-1-2-10-7(5-8)6-9(13-10)3-4-12/h1-2,5-6,12H,3-4H2. The topological polar surface area (TPSA) is 20.2 Å². The predicted molar refractivity (Wildman–Crippen MR) is 52.6 cm³/mol. The summed E-state index contributed by atoms with van der Waals surface area (Å²) in [7, 11) is 0. The predicted octanol–water partition coefficient (Wildman–Crippen LogP) is 2.58. The Morgan fingerprint density at radius 3 is 2.92 bits per heavy atom. The highest BCUT2D eigenvalue weighted by Gasteiger charge is 2.01. The molecular weight excluding hydrogens is 187 g/mol. The van der Waals surface area contributed by atoms with Gasteiger partial charge < -0.3 is 5.11 Å². The maximum absolute atomic E-state index is 12.8. The van der Waals surface area contributed by atoms with Gasteiger partial charge in [-0.25, -0.2) is 4.39 Å². The van der Waals surface area contributed by atoms with Crippen LogP contribution >= 0.6 is 11.3 Å². The van der Waals surface area contributed by atoms with Crippen LogP contribution in [0.25, 0.3) is 10.1 Å². The van der Waals surface area contributed by atoms with Gasteiger partial charge in [0.05, 0.1) is 0 Å². The fourth-order valence-electron chi connectivity index (χ4n) is 1.30. The minimum Gasteiger partial charge on any atom is -0.396 e. The molecular formula is C10H9FOS. The van der Waals surface area contributed by atoms with Crippen molar-refractivity contribution >= 4 is 21.4 Å². The van der Waals surface area contributed by atoms with E-state index in [0.717, 1.165) is 15.0 Å². The van der Waals surface area contributed by atoms with Crippen molar-refractivity contribution in [2.45, 2.75) is 6.42 Å². The summed E-state index contributed by atoms with van der Waals surface area (Å²) < 4.78 is 13.9. The molecule has 1 nitrogen and oxygen atoms in total. The summed E-state index contributed by atoms with van der Waals surface area (Å²) in [4.78, 5) is 1.10. The lowest BCUT2D eigenvalue weighted by molar-refractivity contribution is 0.300. The van der Waals surface area contributed by atoms with Gasteiger partial charge in [0.1, 0.15) is 5.82 Å². The number of halogens is 1. The van der Waals surface area contributed by atoms with Crippen molar-refractivity contribution in [3.63, 3.8) is 0 Å². The van der Waals surface area contributed by atoms with Crippen LogP contribution in [-0.4, -0.2) is 11.7 Å². The van der Waals surface area contributed by atoms with Gasteiger partial charge in [0.15, 0.2) is 0 Å². The van der Waals surface area contributed by atoms with Crippen LogP contribution in [0, 0.1) is 5.82 Å². The van der Waals surface area contributed by atoms with Crippen LogP contribution in [0.2, 0.25) is 0 Å². The number of benzene rings is 1. The summed E-state index contributed by atoms with van der Waals surface area (Å²) in [5.74, 6) is -0.208. The van der Waals surface area contributed by atoms with Crippen LogP contribution in [0.4, 0.5) is 4.39 Å². The fourth-order valence-corrected chi connectivity index (χ4v) is 2.34. The molecule has 0 unspecified atom stereocenters. The summed E-state index contributed by atoms with van der Waals surface area (Å²) in [6.07, 6.45) is 0.654. The smallest absolute Gasteiger partial charge is 0.123 e. The Labute approximate surface area is 79.4 Å². The summed E-state index contributed by atoms with van der Waals surface area (Å²) in [5, 5.41) is 9.66. The van der Waals surface area contributed by atoms with Gasteiger partial charge in [0, 0.05) is 22.6 Å². The van der Waals surface area contributed by atoms with Crippen molar-refractivity contribution in [1.82, 2.24) is 0 Å². The van der Waals surface area contributed by atoms with Crippen LogP contribution in [-0.2, 0) is 6.42 Å². The van der Waals surface area contributed by atoms with E-state index in [1.165, 1.54) is 12.1 Å². The Bertz CT molecular complexity index is 422. The number of thiophene rings is 1. The maximum Gasteiger partial charge on any atom is 0.123 e. The van der Waals surface area contributed by atoms with Crippen LogP contribution < -0.4 is 0 Å². The molecule has 0 saturated carbocycles. The number of fused-ring (bicyclic) bond motifs is 1. The molecule has 13 heavy (non-hydrogen) atoms. The van der Waals surface area contributed by atoms with E-state index in [2.05, 4.69) is 0 Å². The SMILES string of the molecule is OCCc1cc2cc(F)ccc2s1. The second-order valence-corrected chi connectivity index (χ2v) is 4.04. The Hall–Kier alpha value is -0.930. The third-order valence-corrected chi connectivity index (χ3v) is 3.06. The average Bonchev–Trinajstić information content (AvgIpc) is 2.46. The van der Waals surface area contributed by atoms with Crippen molar-refractivity contribution in [3.05, 3.63) is 35.0 Å². The van der Waals surface area contributed by atoms with Gasteiger partial charge in [-0.2, -0.15) is 0 Å². The Balaban J connectivity index is 2.49. The van der Waals surface area contributed by atoms with Crippen molar-refractivity contribution in [1.29, 1.82) is 0 Å². The Morgan fingerprint density at radius 1 is 1.31 bits per heavy atom. The van der Waals surface area contributed by atoms with Crippen LogP contribution in [0.15, 0.2) is 24.3 Å². The van der Waals surface area contributed by atoms with Crippen LogP contribution in [0.1, 0.15) is 4.88 Å². The second kappa shape index (κ2) is 3.44. The van der Waals surface area contributed by atoms with Crippen molar-refractivity contribution in [2.24, 2.45) is 0 Å². The first-order valence-corrected chi connectivity index (χ1v) is 4.90. The van der Waals surface area contributed by atoms with Gasteiger partial charge in [-0.15, -0.1) is 11.3 Å². The van der Waals surface area contributed by atoms with E-state index in [4.69, 9.17) is 5.11 Å². The number of hydrogen-bond donors (Lipinski definition) is 1. The highest BCUT2D eigenvalue weighted by molar-refractivity contribution is 7.19. The molecule has 68 valence electrons. The Kier molecular flexibility index (Phi) is 2.29. The first-order valence-electron chi connectivity index (χ1n) is 4.08. The lowest BCUT2D eigenvalue weighted by Crippen LogP contribution is -1.84. The van der Waals surface area contributed by atoms with Gasteiger partial charge in [-0.3, -0.25) is 0 Å². The molecule has 0 saturated heterocycles. The maximum atomic E-state index is 12.8. The molecule has 2 aromatic rings. The number of aliphatic hydroxyl groups excluding tert-OH is 1. The fraction of sp³-hybridized carbons (Fsp3) is 0.200. The number of aliphatic hydroxyl groups is 1. The van der Waals surface area contributed by atoms with Crippen LogP contribution in [0.5, 0.6) is 0 Å². The highest BCUT2D eigenvalue weighted by atomic mass is 32.1. The summed E-state index contributed by atoms with van der Waals surface area (Å²) >= 11 is 1.60. The summed E-state index contributed by atoms with van der Waals surface area (Å²) in [5.41, 5.74) is 0. The molecule has 0 amide bonds. The summed E-state index contributed by atoms with van der Waals surface area (Å²) in [6, 6.07) is 6.68. The zero-order valence-electron chi connectivity index (χ0n) is 6.96. The third kappa shape index (κ3) is 1.71. The third-order valence-electron chi connectivity index (χ3n) is 1.89. The largest absolute Gasteiger partial charge is 0.396 e. The molecule has 0 aliphatic rings. The minimum atomic E-state index is -0.208. The second-order valence-electron chi connectivity index (χ2n) is 2.87. The van der Waals surface area contributed by atoms with Crippen molar-refractivity contribution < 1.29 is 9.50 Å². The summed E-state index contributed by atoms with van der Waals surface area (Å²) in [6.45, 7) is 0.148. The van der Waals surface area contributed by atoms with Gasteiger partial charge in [-0.05, 0) is 29.7 Å². The zero-order chi connectivity index (χ0) is 9.26. The molecule has 0 aliphatic heterocycles. The van der Waals surface area contributed by atoms with E-state index in [9.17, 15) is 4.39 Å². The number of rotatable bonds is 2. The molecule has 0 fully saturated rings. The first-order chi connectivity index (χ1) is 6.29. The molecule has 0 radical (unpaired) electrons. The monoisotopic (exact) mass is 196 g/mol. The molecule has 2 rings (SSSR count). The number of hydrogen-bond acceptors (Lipinski definition) is 2.